The minimum absolute atomic E-state index is 0.172. The van der Waals surface area contributed by atoms with E-state index in [1.54, 1.807) is 20.2 Å². The summed E-state index contributed by atoms with van der Waals surface area (Å²) in [4.78, 5) is 14.6. The molecule has 0 bridgehead atoms. The molecule has 4 heteroatoms. The van der Waals surface area contributed by atoms with Crippen molar-refractivity contribution < 1.29 is 4.92 Å². The molecule has 0 N–H and O–H groups in total. The van der Waals surface area contributed by atoms with Gasteiger partial charge in [0.15, 0.2) is 0 Å². The van der Waals surface area contributed by atoms with Gasteiger partial charge in [-0.2, -0.15) is 0 Å². The minimum Gasteiger partial charge on any atom is -0.296 e. The Bertz CT molecular complexity index is 477. The summed E-state index contributed by atoms with van der Waals surface area (Å²) in [7, 11) is 1.62. The highest BCUT2D eigenvalue weighted by Crippen LogP contribution is 2.31. The maximum atomic E-state index is 11.1. The maximum absolute atomic E-state index is 11.1. The van der Waals surface area contributed by atoms with Crippen LogP contribution in [-0.4, -0.2) is 18.2 Å². The largest absolute Gasteiger partial charge is 0.296 e. The summed E-state index contributed by atoms with van der Waals surface area (Å²) >= 11 is 0. The van der Waals surface area contributed by atoms with Crippen LogP contribution < -0.4 is 0 Å². The molecule has 0 unspecified atom stereocenters. The average molecular weight is 220 g/mol. The second-order valence-electron chi connectivity index (χ2n) is 3.91. The number of nitro benzene ring substituents is 1. The van der Waals surface area contributed by atoms with E-state index in [4.69, 9.17) is 0 Å². The van der Waals surface area contributed by atoms with E-state index >= 15 is 0 Å². The molecule has 0 amide bonds. The molecule has 0 heterocycles. The first-order valence-corrected chi connectivity index (χ1v) is 5.08. The molecular weight excluding hydrogens is 204 g/mol. The second-order valence-corrected chi connectivity index (χ2v) is 3.91. The van der Waals surface area contributed by atoms with Crippen LogP contribution >= 0.6 is 0 Å². The van der Waals surface area contributed by atoms with Crippen LogP contribution in [0.3, 0.4) is 0 Å². The predicted molar refractivity (Wildman–Crippen MR) is 65.6 cm³/mol. The Morgan fingerprint density at radius 1 is 1.06 bits per heavy atom. The molecule has 0 atom stereocenters. The smallest absolute Gasteiger partial charge is 0.281 e. The molecule has 0 aliphatic rings. The van der Waals surface area contributed by atoms with E-state index in [1.807, 2.05) is 20.8 Å². The van der Waals surface area contributed by atoms with Crippen LogP contribution in [0.15, 0.2) is 4.99 Å². The van der Waals surface area contributed by atoms with Crippen LogP contribution in [0.2, 0.25) is 0 Å². The van der Waals surface area contributed by atoms with Crippen molar-refractivity contribution in [2.75, 3.05) is 7.05 Å². The monoisotopic (exact) mass is 220 g/mol. The van der Waals surface area contributed by atoms with E-state index in [2.05, 4.69) is 4.99 Å². The van der Waals surface area contributed by atoms with Crippen LogP contribution in [0.25, 0.3) is 0 Å². The maximum Gasteiger partial charge on any atom is 0.281 e. The molecule has 1 aromatic carbocycles. The molecule has 4 nitrogen and oxygen atoms in total. The molecule has 86 valence electrons. The van der Waals surface area contributed by atoms with Crippen molar-refractivity contribution in [2.45, 2.75) is 27.7 Å². The number of rotatable bonds is 2. The van der Waals surface area contributed by atoms with Gasteiger partial charge in [-0.3, -0.25) is 15.1 Å². The lowest BCUT2D eigenvalue weighted by Crippen LogP contribution is -2.05. The summed E-state index contributed by atoms with van der Waals surface area (Å²) in [6.45, 7) is 7.57. The quantitative estimate of drug-likeness (QED) is 0.437. The zero-order valence-electron chi connectivity index (χ0n) is 10.3. The third-order valence-electron chi connectivity index (χ3n) is 3.14. The zero-order chi connectivity index (χ0) is 12.5. The van der Waals surface area contributed by atoms with Crippen LogP contribution in [0, 0.1) is 37.8 Å². The van der Waals surface area contributed by atoms with E-state index in [-0.39, 0.29) is 10.6 Å². The molecule has 0 aromatic heterocycles. The Morgan fingerprint density at radius 2 is 1.56 bits per heavy atom. The molecule has 16 heavy (non-hydrogen) atoms. The van der Waals surface area contributed by atoms with Crippen LogP contribution in [0.1, 0.15) is 27.8 Å². The Morgan fingerprint density at radius 3 is 2.00 bits per heavy atom. The fraction of sp³-hybridized carbons (Fsp3) is 0.417. The topological polar surface area (TPSA) is 55.5 Å². The zero-order valence-corrected chi connectivity index (χ0v) is 10.3. The number of hydrogen-bond acceptors (Lipinski definition) is 3. The van der Waals surface area contributed by atoms with Gasteiger partial charge in [-0.1, -0.05) is 0 Å². The first-order valence-electron chi connectivity index (χ1n) is 5.08. The van der Waals surface area contributed by atoms with Gasteiger partial charge in [0.1, 0.15) is 0 Å². The average Bonchev–Trinajstić information content (AvgIpc) is 2.23. The van der Waals surface area contributed by atoms with Gasteiger partial charge < -0.3 is 0 Å². The summed E-state index contributed by atoms with van der Waals surface area (Å²) < 4.78 is 0. The summed E-state index contributed by atoms with van der Waals surface area (Å²) in [6.07, 6.45) is 1.56. The Kier molecular flexibility index (Phi) is 3.42. The lowest BCUT2D eigenvalue weighted by atomic mass is 9.93. The molecule has 0 radical (unpaired) electrons. The molecule has 0 spiro atoms. The third kappa shape index (κ3) is 1.83. The van der Waals surface area contributed by atoms with E-state index in [0.717, 1.165) is 22.3 Å². The SMILES string of the molecule is CN=Cc1c(C)c(C)c(C)c(C)c1[N+](=O)[O-]. The molecule has 0 fully saturated rings. The van der Waals surface area contributed by atoms with Crippen molar-refractivity contribution in [1.29, 1.82) is 0 Å². The Balaban J connectivity index is 3.75. The molecule has 1 aromatic rings. The van der Waals surface area contributed by atoms with Crippen molar-refractivity contribution in [3.05, 3.63) is 37.9 Å². The summed E-state index contributed by atoms with van der Waals surface area (Å²) in [5.74, 6) is 0. The molecule has 1 rings (SSSR count). The van der Waals surface area contributed by atoms with Crippen LogP contribution in [0.5, 0.6) is 0 Å². The predicted octanol–water partition coefficient (Wildman–Crippen LogP) is 2.88. The molecule has 0 aliphatic heterocycles. The second kappa shape index (κ2) is 4.43. The number of nitro groups is 1. The van der Waals surface area contributed by atoms with Gasteiger partial charge in [-0.05, 0) is 44.4 Å². The van der Waals surface area contributed by atoms with E-state index in [1.165, 1.54) is 0 Å². The Labute approximate surface area is 95.2 Å². The lowest BCUT2D eigenvalue weighted by molar-refractivity contribution is -0.385. The van der Waals surface area contributed by atoms with E-state index < -0.39 is 0 Å². The fourth-order valence-corrected chi connectivity index (χ4v) is 1.84. The summed E-state index contributed by atoms with van der Waals surface area (Å²) in [5, 5.41) is 11.1. The van der Waals surface area contributed by atoms with Gasteiger partial charge >= 0.3 is 0 Å². The van der Waals surface area contributed by atoms with Gasteiger partial charge in [0, 0.05) is 18.8 Å². The van der Waals surface area contributed by atoms with Crippen molar-refractivity contribution in [3.63, 3.8) is 0 Å². The first kappa shape index (κ1) is 12.4. The standard InChI is InChI=1S/C12H16N2O2/c1-7-8(2)10(4)12(14(15)16)11(6-13-5)9(7)3/h6H,1-5H3. The molecule has 0 saturated heterocycles. The minimum atomic E-state index is -0.328. The Hall–Kier alpha value is -1.71. The molecule has 0 aliphatic carbocycles. The number of benzene rings is 1. The summed E-state index contributed by atoms with van der Waals surface area (Å²) in [6, 6.07) is 0. The van der Waals surface area contributed by atoms with E-state index in [0.29, 0.717) is 5.56 Å². The molecule has 0 saturated carbocycles. The fourth-order valence-electron chi connectivity index (χ4n) is 1.84. The van der Waals surface area contributed by atoms with Gasteiger partial charge in [-0.25, -0.2) is 0 Å². The summed E-state index contributed by atoms with van der Waals surface area (Å²) in [5.41, 5.74) is 4.53. The molecular formula is C12H16N2O2. The van der Waals surface area contributed by atoms with Crippen LogP contribution in [-0.2, 0) is 0 Å². The highest BCUT2D eigenvalue weighted by Gasteiger charge is 2.22. The number of aliphatic imine (C=N–C) groups is 1. The van der Waals surface area contributed by atoms with Gasteiger partial charge in [0.05, 0.1) is 10.5 Å². The van der Waals surface area contributed by atoms with Crippen LogP contribution in [0.4, 0.5) is 5.69 Å². The van der Waals surface area contributed by atoms with Gasteiger partial charge in [-0.15, -0.1) is 0 Å². The first-order chi connectivity index (χ1) is 7.41. The third-order valence-corrected chi connectivity index (χ3v) is 3.14. The van der Waals surface area contributed by atoms with Crippen molar-refractivity contribution in [1.82, 2.24) is 0 Å². The number of nitrogens with zero attached hydrogens (tertiary/aromatic N) is 2. The van der Waals surface area contributed by atoms with Crippen molar-refractivity contribution in [3.8, 4) is 0 Å². The van der Waals surface area contributed by atoms with Gasteiger partial charge in [0.25, 0.3) is 5.69 Å². The highest BCUT2D eigenvalue weighted by atomic mass is 16.6. The highest BCUT2D eigenvalue weighted by molar-refractivity contribution is 5.89. The van der Waals surface area contributed by atoms with E-state index in [9.17, 15) is 10.1 Å². The number of hydrogen-bond donors (Lipinski definition) is 0. The van der Waals surface area contributed by atoms with Crippen molar-refractivity contribution >= 4 is 11.9 Å². The normalized spacial score (nSPS) is 11.1. The van der Waals surface area contributed by atoms with Gasteiger partial charge in [0.2, 0.25) is 0 Å². The lowest BCUT2D eigenvalue weighted by Gasteiger charge is -2.12. The van der Waals surface area contributed by atoms with Crippen molar-refractivity contribution in [2.24, 2.45) is 4.99 Å².